The summed E-state index contributed by atoms with van der Waals surface area (Å²) in [5.74, 6) is 1.93. The van der Waals surface area contributed by atoms with Crippen molar-refractivity contribution in [2.45, 2.75) is 40.2 Å². The summed E-state index contributed by atoms with van der Waals surface area (Å²) in [5, 5.41) is 0. The van der Waals surface area contributed by atoms with Gasteiger partial charge in [0, 0.05) is 12.5 Å². The van der Waals surface area contributed by atoms with Gasteiger partial charge in [-0.05, 0) is 28.8 Å². The number of aromatic nitrogens is 2. The first-order chi connectivity index (χ1) is 7.02. The number of halogens is 1. The zero-order chi connectivity index (χ0) is 11.4. The van der Waals surface area contributed by atoms with E-state index in [1.807, 2.05) is 13.8 Å². The van der Waals surface area contributed by atoms with Crippen LogP contribution in [0.4, 0.5) is 0 Å². The Kier molecular flexibility index (Phi) is 4.51. The number of aryl methyl sites for hydroxylation is 1. The molecule has 0 spiro atoms. The fourth-order valence-electron chi connectivity index (χ4n) is 0.987. The first-order valence-electron chi connectivity index (χ1n) is 5.23. The normalized spacial score (nSPS) is 12.9. The minimum atomic E-state index is 0.163. The van der Waals surface area contributed by atoms with E-state index in [0.717, 1.165) is 16.8 Å². The van der Waals surface area contributed by atoms with Gasteiger partial charge in [0.05, 0.1) is 6.10 Å². The van der Waals surface area contributed by atoms with Gasteiger partial charge >= 0.3 is 0 Å². The monoisotopic (exact) mass is 272 g/mol. The highest BCUT2D eigenvalue weighted by atomic mass is 79.9. The van der Waals surface area contributed by atoms with Crippen LogP contribution >= 0.6 is 15.9 Å². The molecule has 0 N–H and O–H groups in total. The van der Waals surface area contributed by atoms with Crippen LogP contribution in [-0.4, -0.2) is 16.1 Å². The molecule has 1 aromatic heterocycles. The molecule has 1 rings (SSSR count). The summed E-state index contributed by atoms with van der Waals surface area (Å²) < 4.78 is 6.50. The van der Waals surface area contributed by atoms with Crippen molar-refractivity contribution in [1.82, 2.24) is 9.97 Å². The zero-order valence-corrected chi connectivity index (χ0v) is 11.2. The van der Waals surface area contributed by atoms with Crippen LogP contribution in [0.1, 0.15) is 33.5 Å². The Morgan fingerprint density at radius 2 is 2.00 bits per heavy atom. The van der Waals surface area contributed by atoms with Crippen LogP contribution in [0.5, 0.6) is 5.88 Å². The first-order valence-corrected chi connectivity index (χ1v) is 6.02. The lowest BCUT2D eigenvalue weighted by molar-refractivity contribution is 0.162. The molecule has 0 amide bonds. The van der Waals surface area contributed by atoms with Crippen LogP contribution in [0.15, 0.2) is 10.7 Å². The quantitative estimate of drug-likeness (QED) is 0.790. The highest BCUT2D eigenvalue weighted by Gasteiger charge is 2.10. The third kappa shape index (κ3) is 3.78. The summed E-state index contributed by atoms with van der Waals surface area (Å²) in [6.45, 7) is 8.33. The van der Waals surface area contributed by atoms with E-state index < -0.39 is 0 Å². The van der Waals surface area contributed by atoms with Gasteiger partial charge in [0.25, 0.3) is 0 Å². The van der Waals surface area contributed by atoms with Gasteiger partial charge in [-0.1, -0.05) is 20.8 Å². The fourth-order valence-corrected chi connectivity index (χ4v) is 1.39. The van der Waals surface area contributed by atoms with E-state index in [1.54, 1.807) is 6.07 Å². The second kappa shape index (κ2) is 5.45. The summed E-state index contributed by atoms with van der Waals surface area (Å²) in [6, 6.07) is 1.80. The van der Waals surface area contributed by atoms with Gasteiger partial charge in [0.1, 0.15) is 10.4 Å². The lowest BCUT2D eigenvalue weighted by Gasteiger charge is -2.17. The molecule has 0 aliphatic heterocycles. The second-order valence-corrected chi connectivity index (χ2v) is 4.68. The lowest BCUT2D eigenvalue weighted by Crippen LogP contribution is -2.19. The van der Waals surface area contributed by atoms with Gasteiger partial charge in [-0.3, -0.25) is 0 Å². The molecule has 4 heteroatoms. The largest absolute Gasteiger partial charge is 0.474 e. The van der Waals surface area contributed by atoms with E-state index in [9.17, 15) is 0 Å². The van der Waals surface area contributed by atoms with Gasteiger partial charge < -0.3 is 4.74 Å². The summed E-state index contributed by atoms with van der Waals surface area (Å²) in [6.07, 6.45) is 0.975. The van der Waals surface area contributed by atoms with Gasteiger partial charge in [-0.2, -0.15) is 4.98 Å². The van der Waals surface area contributed by atoms with Crippen molar-refractivity contribution in [2.75, 3.05) is 0 Å². The van der Waals surface area contributed by atoms with Crippen molar-refractivity contribution in [3.05, 3.63) is 16.5 Å². The average Bonchev–Trinajstić information content (AvgIpc) is 2.16. The highest BCUT2D eigenvalue weighted by molar-refractivity contribution is 9.10. The molecular weight excluding hydrogens is 256 g/mol. The maximum Gasteiger partial charge on any atom is 0.217 e. The molecule has 1 aromatic rings. The lowest BCUT2D eigenvalue weighted by atomic mass is 10.1. The molecule has 0 aliphatic rings. The highest BCUT2D eigenvalue weighted by Crippen LogP contribution is 2.17. The third-order valence-electron chi connectivity index (χ3n) is 2.28. The molecule has 0 saturated carbocycles. The Morgan fingerprint density at radius 3 is 2.53 bits per heavy atom. The van der Waals surface area contributed by atoms with Crippen molar-refractivity contribution in [2.24, 2.45) is 5.92 Å². The molecule has 84 valence electrons. The number of hydrogen-bond donors (Lipinski definition) is 0. The van der Waals surface area contributed by atoms with E-state index in [-0.39, 0.29) is 6.10 Å². The van der Waals surface area contributed by atoms with E-state index >= 15 is 0 Å². The standard InChI is InChI=1S/C11H17BrN2O/c1-5-10-13-9(12)6-11(14-10)15-8(4)7(2)3/h6-8H,5H2,1-4H3. The van der Waals surface area contributed by atoms with Gasteiger partial charge in [-0.25, -0.2) is 4.98 Å². The minimum Gasteiger partial charge on any atom is -0.474 e. The van der Waals surface area contributed by atoms with Crippen LogP contribution in [0, 0.1) is 5.92 Å². The first kappa shape index (κ1) is 12.4. The van der Waals surface area contributed by atoms with Crippen LogP contribution in [0.25, 0.3) is 0 Å². The van der Waals surface area contributed by atoms with Crippen LogP contribution in [0.3, 0.4) is 0 Å². The molecule has 0 bridgehead atoms. The molecule has 1 atom stereocenters. The molecule has 0 radical (unpaired) electrons. The summed E-state index contributed by atoms with van der Waals surface area (Å²) in [5.41, 5.74) is 0. The Balaban J connectivity index is 2.80. The van der Waals surface area contributed by atoms with Crippen molar-refractivity contribution in [1.29, 1.82) is 0 Å². The number of nitrogens with zero attached hydrogens (tertiary/aromatic N) is 2. The van der Waals surface area contributed by atoms with Crippen LogP contribution < -0.4 is 4.74 Å². The maximum atomic E-state index is 5.72. The molecule has 0 fully saturated rings. The van der Waals surface area contributed by atoms with Crippen molar-refractivity contribution >= 4 is 15.9 Å². The Bertz CT molecular complexity index is 328. The summed E-state index contributed by atoms with van der Waals surface area (Å²) in [7, 11) is 0. The van der Waals surface area contributed by atoms with Crippen molar-refractivity contribution in [3.8, 4) is 5.88 Å². The molecule has 0 aliphatic carbocycles. The predicted molar refractivity (Wildman–Crippen MR) is 64.0 cm³/mol. The maximum absolute atomic E-state index is 5.72. The fraction of sp³-hybridized carbons (Fsp3) is 0.636. The SMILES string of the molecule is CCc1nc(Br)cc(OC(C)C(C)C)n1. The number of hydrogen-bond acceptors (Lipinski definition) is 3. The van der Waals surface area contributed by atoms with Crippen LogP contribution in [-0.2, 0) is 6.42 Å². The van der Waals surface area contributed by atoms with E-state index in [1.165, 1.54) is 0 Å². The molecule has 0 saturated heterocycles. The second-order valence-electron chi connectivity index (χ2n) is 3.87. The average molecular weight is 273 g/mol. The van der Waals surface area contributed by atoms with Gasteiger partial charge in [0.15, 0.2) is 0 Å². The summed E-state index contributed by atoms with van der Waals surface area (Å²) >= 11 is 3.35. The smallest absolute Gasteiger partial charge is 0.217 e. The topological polar surface area (TPSA) is 35.0 Å². The molecule has 1 unspecified atom stereocenters. The number of rotatable bonds is 4. The number of ether oxygens (including phenoxy) is 1. The van der Waals surface area contributed by atoms with E-state index in [0.29, 0.717) is 11.8 Å². The molecule has 0 aromatic carbocycles. The molecule has 15 heavy (non-hydrogen) atoms. The Morgan fingerprint density at radius 1 is 1.33 bits per heavy atom. The van der Waals surface area contributed by atoms with E-state index in [4.69, 9.17) is 4.74 Å². The predicted octanol–water partition coefficient (Wildman–Crippen LogP) is 3.22. The molecular formula is C11H17BrN2O. The Hall–Kier alpha value is -0.640. The van der Waals surface area contributed by atoms with E-state index in [2.05, 4.69) is 39.7 Å². The van der Waals surface area contributed by atoms with Crippen LogP contribution in [0.2, 0.25) is 0 Å². The molecule has 3 nitrogen and oxygen atoms in total. The van der Waals surface area contributed by atoms with Gasteiger partial charge in [0.2, 0.25) is 5.88 Å². The molecule has 1 heterocycles. The van der Waals surface area contributed by atoms with Gasteiger partial charge in [-0.15, -0.1) is 0 Å². The van der Waals surface area contributed by atoms with Crippen molar-refractivity contribution < 1.29 is 4.74 Å². The Labute approximate surface area is 99.4 Å². The summed E-state index contributed by atoms with van der Waals surface area (Å²) in [4.78, 5) is 8.54. The van der Waals surface area contributed by atoms with Crippen molar-refractivity contribution in [3.63, 3.8) is 0 Å². The zero-order valence-electron chi connectivity index (χ0n) is 9.62. The third-order valence-corrected chi connectivity index (χ3v) is 2.69. The minimum absolute atomic E-state index is 0.163.